The standard InChI is InChI=1S/C20H41NO2/c1-2-3-4-5-6-7-8-9-10-11-12-13-14-15-16-21(17-19-22)18-20-23/h15-16,22-23H,2-14,17-20H2,1H3. The predicted octanol–water partition coefficient (Wildman–Crippen LogP) is 4.88. The van der Waals surface area contributed by atoms with Gasteiger partial charge in [0.25, 0.3) is 0 Å². The van der Waals surface area contributed by atoms with Crippen LogP contribution in [0.5, 0.6) is 0 Å². The lowest BCUT2D eigenvalue weighted by atomic mass is 10.0. The van der Waals surface area contributed by atoms with Crippen molar-refractivity contribution in [2.75, 3.05) is 26.3 Å². The van der Waals surface area contributed by atoms with E-state index in [9.17, 15) is 0 Å². The number of unbranched alkanes of at least 4 members (excludes halogenated alkanes) is 12. The van der Waals surface area contributed by atoms with Gasteiger partial charge in [-0.2, -0.15) is 0 Å². The third-order valence-electron chi connectivity index (χ3n) is 4.31. The van der Waals surface area contributed by atoms with Gasteiger partial charge in [-0.3, -0.25) is 0 Å². The second kappa shape index (κ2) is 19.5. The molecule has 0 saturated heterocycles. The summed E-state index contributed by atoms with van der Waals surface area (Å²) in [6.45, 7) is 3.77. The van der Waals surface area contributed by atoms with Gasteiger partial charge < -0.3 is 15.1 Å². The van der Waals surface area contributed by atoms with Gasteiger partial charge in [-0.05, 0) is 19.0 Å². The summed E-state index contributed by atoms with van der Waals surface area (Å²) in [6.07, 6.45) is 21.9. The van der Waals surface area contributed by atoms with Gasteiger partial charge in [0.15, 0.2) is 0 Å². The molecule has 0 bridgehead atoms. The Balaban J connectivity index is 3.26. The van der Waals surface area contributed by atoms with Crippen molar-refractivity contribution in [3.63, 3.8) is 0 Å². The van der Waals surface area contributed by atoms with Gasteiger partial charge in [0.1, 0.15) is 0 Å². The third kappa shape index (κ3) is 17.6. The summed E-state index contributed by atoms with van der Waals surface area (Å²) in [5, 5.41) is 17.8. The van der Waals surface area contributed by atoms with E-state index < -0.39 is 0 Å². The van der Waals surface area contributed by atoms with Crippen LogP contribution in [0.4, 0.5) is 0 Å². The third-order valence-corrected chi connectivity index (χ3v) is 4.31. The number of aliphatic hydroxyl groups is 2. The first-order valence-electron chi connectivity index (χ1n) is 9.97. The van der Waals surface area contributed by atoms with Gasteiger partial charge in [0.05, 0.1) is 13.2 Å². The van der Waals surface area contributed by atoms with Crippen molar-refractivity contribution in [2.24, 2.45) is 0 Å². The lowest BCUT2D eigenvalue weighted by Crippen LogP contribution is -2.24. The Hall–Kier alpha value is -0.540. The van der Waals surface area contributed by atoms with Crippen molar-refractivity contribution in [3.8, 4) is 0 Å². The average Bonchev–Trinajstić information content (AvgIpc) is 2.55. The molecule has 0 spiro atoms. The fourth-order valence-corrected chi connectivity index (χ4v) is 2.84. The maximum atomic E-state index is 8.92. The lowest BCUT2D eigenvalue weighted by molar-refractivity contribution is 0.198. The first-order valence-corrected chi connectivity index (χ1v) is 9.97. The highest BCUT2D eigenvalue weighted by Crippen LogP contribution is 2.12. The Labute approximate surface area is 144 Å². The summed E-state index contributed by atoms with van der Waals surface area (Å²) < 4.78 is 0. The Morgan fingerprint density at radius 2 is 1.09 bits per heavy atom. The average molecular weight is 328 g/mol. The number of hydrogen-bond acceptors (Lipinski definition) is 3. The summed E-state index contributed by atoms with van der Waals surface area (Å²) in [7, 11) is 0. The Morgan fingerprint density at radius 3 is 1.52 bits per heavy atom. The van der Waals surface area contributed by atoms with Crippen molar-refractivity contribution < 1.29 is 10.2 Å². The van der Waals surface area contributed by atoms with E-state index in [1.54, 1.807) is 0 Å². The van der Waals surface area contributed by atoms with Crippen molar-refractivity contribution in [1.29, 1.82) is 0 Å². The fraction of sp³-hybridized carbons (Fsp3) is 0.900. The van der Waals surface area contributed by atoms with Crippen LogP contribution < -0.4 is 0 Å². The van der Waals surface area contributed by atoms with Crippen molar-refractivity contribution in [1.82, 2.24) is 4.90 Å². The van der Waals surface area contributed by atoms with Gasteiger partial charge in [-0.25, -0.2) is 0 Å². The Morgan fingerprint density at radius 1 is 0.652 bits per heavy atom. The molecule has 3 nitrogen and oxygen atoms in total. The number of hydrogen-bond donors (Lipinski definition) is 2. The van der Waals surface area contributed by atoms with Crippen LogP contribution in [-0.4, -0.2) is 41.4 Å². The highest BCUT2D eigenvalue weighted by atomic mass is 16.3. The molecule has 0 aliphatic heterocycles. The van der Waals surface area contributed by atoms with Gasteiger partial charge in [0, 0.05) is 13.1 Å². The molecule has 0 unspecified atom stereocenters. The molecular formula is C20H41NO2. The smallest absolute Gasteiger partial charge is 0.0606 e. The zero-order valence-corrected chi connectivity index (χ0v) is 15.5. The molecule has 23 heavy (non-hydrogen) atoms. The summed E-state index contributed by atoms with van der Waals surface area (Å²) in [5.74, 6) is 0. The molecule has 0 radical (unpaired) electrons. The molecule has 0 aliphatic carbocycles. The lowest BCUT2D eigenvalue weighted by Gasteiger charge is -2.17. The van der Waals surface area contributed by atoms with E-state index in [0.717, 1.165) is 6.42 Å². The SMILES string of the molecule is CCCCCCCCCCCCCCC=CN(CCO)CCO. The number of allylic oxidation sites excluding steroid dienone is 1. The van der Waals surface area contributed by atoms with E-state index in [2.05, 4.69) is 13.0 Å². The van der Waals surface area contributed by atoms with Crippen molar-refractivity contribution in [2.45, 2.75) is 90.4 Å². The van der Waals surface area contributed by atoms with Gasteiger partial charge in [-0.15, -0.1) is 0 Å². The zero-order chi connectivity index (χ0) is 17.0. The molecule has 0 aliphatic rings. The van der Waals surface area contributed by atoms with Crippen LogP contribution in [0.15, 0.2) is 12.3 Å². The molecule has 0 aromatic heterocycles. The Kier molecular flexibility index (Phi) is 19.0. The van der Waals surface area contributed by atoms with Crippen molar-refractivity contribution in [3.05, 3.63) is 12.3 Å². The van der Waals surface area contributed by atoms with Crippen LogP contribution in [0.2, 0.25) is 0 Å². The summed E-state index contributed by atoms with van der Waals surface area (Å²) in [4.78, 5) is 1.97. The van der Waals surface area contributed by atoms with E-state index in [1.807, 2.05) is 11.1 Å². The molecule has 0 heterocycles. The highest BCUT2D eigenvalue weighted by molar-refractivity contribution is 4.82. The summed E-state index contributed by atoms with van der Waals surface area (Å²) in [6, 6.07) is 0. The molecule has 0 aromatic carbocycles. The topological polar surface area (TPSA) is 43.7 Å². The second-order valence-electron chi connectivity index (χ2n) is 6.55. The molecule has 0 fully saturated rings. The molecular weight excluding hydrogens is 286 g/mol. The first-order chi connectivity index (χ1) is 11.3. The minimum atomic E-state index is 0.142. The van der Waals surface area contributed by atoms with E-state index >= 15 is 0 Å². The molecule has 0 atom stereocenters. The fourth-order valence-electron chi connectivity index (χ4n) is 2.84. The highest BCUT2D eigenvalue weighted by Gasteiger charge is 1.96. The zero-order valence-electron chi connectivity index (χ0n) is 15.5. The number of rotatable bonds is 18. The molecule has 0 amide bonds. The summed E-state index contributed by atoms with van der Waals surface area (Å²) in [5.41, 5.74) is 0. The van der Waals surface area contributed by atoms with Crippen LogP contribution in [-0.2, 0) is 0 Å². The summed E-state index contributed by atoms with van der Waals surface area (Å²) >= 11 is 0. The van der Waals surface area contributed by atoms with Crippen LogP contribution in [0.3, 0.4) is 0 Å². The van der Waals surface area contributed by atoms with Gasteiger partial charge >= 0.3 is 0 Å². The maximum Gasteiger partial charge on any atom is 0.0606 e. The molecule has 0 saturated carbocycles. The Bertz CT molecular complexity index is 238. The quantitative estimate of drug-likeness (QED) is 0.353. The minimum Gasteiger partial charge on any atom is -0.395 e. The van der Waals surface area contributed by atoms with E-state index in [4.69, 9.17) is 10.2 Å². The normalized spacial score (nSPS) is 11.4. The largest absolute Gasteiger partial charge is 0.395 e. The van der Waals surface area contributed by atoms with E-state index in [1.165, 1.54) is 77.0 Å². The minimum absolute atomic E-state index is 0.142. The van der Waals surface area contributed by atoms with Gasteiger partial charge in [0.2, 0.25) is 0 Å². The molecule has 2 N–H and O–H groups in total. The van der Waals surface area contributed by atoms with Crippen molar-refractivity contribution >= 4 is 0 Å². The van der Waals surface area contributed by atoms with Gasteiger partial charge in [-0.1, -0.05) is 83.6 Å². The predicted molar refractivity (Wildman–Crippen MR) is 101 cm³/mol. The van der Waals surface area contributed by atoms with E-state index in [-0.39, 0.29) is 13.2 Å². The monoisotopic (exact) mass is 327 g/mol. The molecule has 138 valence electrons. The molecule has 0 rings (SSSR count). The van der Waals surface area contributed by atoms with E-state index in [0.29, 0.717) is 13.1 Å². The van der Waals surface area contributed by atoms with Crippen LogP contribution in [0.25, 0.3) is 0 Å². The molecule has 3 heteroatoms. The number of aliphatic hydroxyl groups excluding tert-OH is 2. The second-order valence-corrected chi connectivity index (χ2v) is 6.55. The molecule has 0 aromatic rings. The van der Waals surface area contributed by atoms with Crippen LogP contribution in [0, 0.1) is 0 Å². The van der Waals surface area contributed by atoms with Crippen LogP contribution >= 0.6 is 0 Å². The first kappa shape index (κ1) is 22.5. The van der Waals surface area contributed by atoms with Crippen LogP contribution in [0.1, 0.15) is 90.4 Å². The number of nitrogens with zero attached hydrogens (tertiary/aromatic N) is 1. The maximum absolute atomic E-state index is 8.92.